The largest absolute Gasteiger partial charge is 0.330 e. The summed E-state index contributed by atoms with van der Waals surface area (Å²) in [5, 5.41) is 3.27. The standard InChI is InChI=1S/C19H18ClN3O2S/c1-12-11-21-19(25)23(12)17-6-4-3-5-16(17)22-18(24)13(2)26-15-9-7-14(20)8-10-15/h3-11,13H,1-2H3,(H,21,25)(H,22,24). The van der Waals surface area contributed by atoms with Gasteiger partial charge in [0.05, 0.1) is 16.6 Å². The maximum absolute atomic E-state index is 12.6. The maximum Gasteiger partial charge on any atom is 0.330 e. The van der Waals surface area contributed by atoms with E-state index in [9.17, 15) is 9.59 Å². The van der Waals surface area contributed by atoms with Crippen molar-refractivity contribution in [3.05, 3.63) is 75.9 Å². The van der Waals surface area contributed by atoms with Crippen molar-refractivity contribution in [2.75, 3.05) is 5.32 Å². The normalized spacial score (nSPS) is 12.0. The highest BCUT2D eigenvalue weighted by molar-refractivity contribution is 8.00. The molecule has 0 spiro atoms. The van der Waals surface area contributed by atoms with E-state index in [-0.39, 0.29) is 16.8 Å². The molecule has 0 fully saturated rings. The Bertz CT molecular complexity index is 979. The van der Waals surface area contributed by atoms with Gasteiger partial charge in [-0.15, -0.1) is 11.8 Å². The minimum absolute atomic E-state index is 0.140. The van der Waals surface area contributed by atoms with Crippen LogP contribution in [0.4, 0.5) is 5.69 Å². The number of halogens is 1. The van der Waals surface area contributed by atoms with Crippen LogP contribution in [0.3, 0.4) is 0 Å². The molecule has 0 aliphatic carbocycles. The summed E-state index contributed by atoms with van der Waals surface area (Å²) in [6, 6.07) is 14.6. The number of thioether (sulfide) groups is 1. The van der Waals surface area contributed by atoms with Crippen LogP contribution in [0, 0.1) is 6.92 Å². The van der Waals surface area contributed by atoms with Crippen LogP contribution in [0.2, 0.25) is 5.02 Å². The highest BCUT2D eigenvalue weighted by atomic mass is 35.5. The van der Waals surface area contributed by atoms with Crippen molar-refractivity contribution in [1.29, 1.82) is 0 Å². The molecule has 3 rings (SSSR count). The average Bonchev–Trinajstić information content (AvgIpc) is 2.96. The number of hydrogen-bond acceptors (Lipinski definition) is 3. The summed E-state index contributed by atoms with van der Waals surface area (Å²) < 4.78 is 1.53. The van der Waals surface area contributed by atoms with E-state index in [2.05, 4.69) is 10.3 Å². The molecule has 0 saturated heterocycles. The molecule has 3 aromatic rings. The number of aromatic nitrogens is 2. The molecule has 0 bridgehead atoms. The number of carbonyl (C=O) groups is 1. The van der Waals surface area contributed by atoms with E-state index in [1.807, 2.05) is 38.1 Å². The fraction of sp³-hybridized carbons (Fsp3) is 0.158. The first kappa shape index (κ1) is 18.4. The number of amides is 1. The van der Waals surface area contributed by atoms with Crippen LogP contribution in [0.15, 0.2) is 64.4 Å². The number of anilines is 1. The van der Waals surface area contributed by atoms with Crippen LogP contribution >= 0.6 is 23.4 Å². The molecule has 2 aromatic carbocycles. The van der Waals surface area contributed by atoms with Gasteiger partial charge in [-0.1, -0.05) is 23.7 Å². The number of aryl methyl sites for hydroxylation is 1. The Morgan fingerprint density at radius 3 is 2.54 bits per heavy atom. The molecule has 1 amide bonds. The summed E-state index contributed by atoms with van der Waals surface area (Å²) in [6.07, 6.45) is 1.64. The fourth-order valence-electron chi connectivity index (χ4n) is 2.53. The predicted molar refractivity (Wildman–Crippen MR) is 107 cm³/mol. The van der Waals surface area contributed by atoms with Gasteiger partial charge in [0.1, 0.15) is 0 Å². The van der Waals surface area contributed by atoms with Crippen LogP contribution < -0.4 is 11.0 Å². The van der Waals surface area contributed by atoms with Crippen LogP contribution in [0.1, 0.15) is 12.6 Å². The first-order valence-electron chi connectivity index (χ1n) is 8.05. The van der Waals surface area contributed by atoms with Gasteiger partial charge in [0.2, 0.25) is 5.91 Å². The van der Waals surface area contributed by atoms with E-state index >= 15 is 0 Å². The molecule has 7 heteroatoms. The number of benzene rings is 2. The second-order valence-corrected chi connectivity index (χ2v) is 7.64. The van der Waals surface area contributed by atoms with Gasteiger partial charge in [-0.2, -0.15) is 0 Å². The molecular weight excluding hydrogens is 370 g/mol. The van der Waals surface area contributed by atoms with Crippen molar-refractivity contribution < 1.29 is 4.79 Å². The van der Waals surface area contributed by atoms with Gasteiger partial charge in [0.25, 0.3) is 0 Å². The van der Waals surface area contributed by atoms with Crippen LogP contribution in [-0.2, 0) is 4.79 Å². The maximum atomic E-state index is 12.6. The zero-order chi connectivity index (χ0) is 18.7. The number of carbonyl (C=O) groups excluding carboxylic acids is 1. The molecule has 5 nitrogen and oxygen atoms in total. The zero-order valence-electron chi connectivity index (χ0n) is 14.3. The lowest BCUT2D eigenvalue weighted by Gasteiger charge is -2.15. The smallest absolute Gasteiger partial charge is 0.323 e. The quantitative estimate of drug-likeness (QED) is 0.643. The van der Waals surface area contributed by atoms with E-state index in [1.54, 1.807) is 30.5 Å². The van der Waals surface area contributed by atoms with E-state index in [4.69, 9.17) is 11.6 Å². The van der Waals surface area contributed by atoms with Crippen molar-refractivity contribution in [1.82, 2.24) is 9.55 Å². The molecule has 0 aliphatic rings. The van der Waals surface area contributed by atoms with E-state index < -0.39 is 0 Å². The third-order valence-corrected chi connectivity index (χ3v) is 5.22. The zero-order valence-corrected chi connectivity index (χ0v) is 15.9. The Kier molecular flexibility index (Phi) is 5.54. The lowest BCUT2D eigenvalue weighted by molar-refractivity contribution is -0.115. The fourth-order valence-corrected chi connectivity index (χ4v) is 3.53. The van der Waals surface area contributed by atoms with Gasteiger partial charge in [-0.05, 0) is 50.2 Å². The summed E-state index contributed by atoms with van der Waals surface area (Å²) >= 11 is 7.33. The number of aromatic amines is 1. The summed E-state index contributed by atoms with van der Waals surface area (Å²) in [4.78, 5) is 28.3. The van der Waals surface area contributed by atoms with Gasteiger partial charge >= 0.3 is 5.69 Å². The van der Waals surface area contributed by atoms with Gasteiger partial charge in [0, 0.05) is 21.8 Å². The molecule has 1 heterocycles. The number of rotatable bonds is 5. The summed E-state index contributed by atoms with van der Waals surface area (Å²) in [6.45, 7) is 3.67. The first-order valence-corrected chi connectivity index (χ1v) is 9.31. The lowest BCUT2D eigenvalue weighted by Crippen LogP contribution is -2.24. The topological polar surface area (TPSA) is 66.9 Å². The molecule has 0 radical (unpaired) electrons. The average molecular weight is 388 g/mol. The Hall–Kier alpha value is -2.44. The molecule has 134 valence electrons. The van der Waals surface area contributed by atoms with Gasteiger partial charge < -0.3 is 10.3 Å². The minimum atomic E-state index is -0.312. The Balaban J connectivity index is 1.79. The highest BCUT2D eigenvalue weighted by Gasteiger charge is 2.17. The van der Waals surface area contributed by atoms with Crippen LogP contribution in [0.5, 0.6) is 0 Å². The number of imidazole rings is 1. The van der Waals surface area contributed by atoms with Crippen molar-refractivity contribution in [2.45, 2.75) is 24.0 Å². The number of hydrogen-bond donors (Lipinski definition) is 2. The summed E-state index contributed by atoms with van der Waals surface area (Å²) in [5.41, 5.74) is 1.74. The Morgan fingerprint density at radius 2 is 1.88 bits per heavy atom. The number of nitrogens with zero attached hydrogens (tertiary/aromatic N) is 1. The third kappa shape index (κ3) is 4.03. The molecule has 0 aliphatic heterocycles. The molecular formula is C19H18ClN3O2S. The predicted octanol–water partition coefficient (Wildman–Crippen LogP) is 4.25. The van der Waals surface area contributed by atoms with Crippen LogP contribution in [0.25, 0.3) is 5.69 Å². The van der Waals surface area contributed by atoms with E-state index in [0.717, 1.165) is 10.6 Å². The van der Waals surface area contributed by atoms with E-state index in [1.165, 1.54) is 16.3 Å². The molecule has 26 heavy (non-hydrogen) atoms. The van der Waals surface area contributed by atoms with Crippen molar-refractivity contribution in [3.63, 3.8) is 0 Å². The number of para-hydroxylation sites is 2. The van der Waals surface area contributed by atoms with Gasteiger partial charge in [-0.25, -0.2) is 4.79 Å². The molecule has 1 aromatic heterocycles. The molecule has 0 saturated carbocycles. The highest BCUT2D eigenvalue weighted by Crippen LogP contribution is 2.27. The van der Waals surface area contributed by atoms with Crippen molar-refractivity contribution in [2.24, 2.45) is 0 Å². The van der Waals surface area contributed by atoms with Gasteiger partial charge in [0.15, 0.2) is 0 Å². The summed E-state index contributed by atoms with van der Waals surface area (Å²) in [7, 11) is 0. The second-order valence-electron chi connectivity index (χ2n) is 5.79. The third-order valence-electron chi connectivity index (χ3n) is 3.86. The Labute approximate surface area is 160 Å². The second kappa shape index (κ2) is 7.85. The lowest BCUT2D eigenvalue weighted by atomic mass is 10.2. The number of nitrogens with one attached hydrogen (secondary N) is 2. The monoisotopic (exact) mass is 387 g/mol. The van der Waals surface area contributed by atoms with E-state index in [0.29, 0.717) is 16.4 Å². The molecule has 1 atom stereocenters. The first-order chi connectivity index (χ1) is 12.5. The van der Waals surface area contributed by atoms with Crippen molar-refractivity contribution in [3.8, 4) is 5.69 Å². The Morgan fingerprint density at radius 1 is 1.19 bits per heavy atom. The van der Waals surface area contributed by atoms with Crippen LogP contribution in [-0.4, -0.2) is 20.7 Å². The SMILES string of the molecule is Cc1c[nH]c(=O)n1-c1ccccc1NC(=O)C(C)Sc1ccc(Cl)cc1. The number of H-pyrrole nitrogens is 1. The minimum Gasteiger partial charge on any atom is -0.323 e. The van der Waals surface area contributed by atoms with Gasteiger partial charge in [-0.3, -0.25) is 9.36 Å². The molecule has 2 N–H and O–H groups in total. The molecule has 1 unspecified atom stereocenters. The van der Waals surface area contributed by atoms with Crippen molar-refractivity contribution >= 4 is 35.0 Å². The summed E-state index contributed by atoms with van der Waals surface area (Å²) in [5.74, 6) is -0.140.